The lowest BCUT2D eigenvalue weighted by atomic mass is 9.93. The van der Waals surface area contributed by atoms with Crippen molar-refractivity contribution in [2.24, 2.45) is 5.92 Å². The average Bonchev–Trinajstić information content (AvgIpc) is 2.52. The molecule has 0 aliphatic carbocycles. The first-order valence-corrected chi connectivity index (χ1v) is 7.79. The van der Waals surface area contributed by atoms with Crippen molar-refractivity contribution in [1.29, 1.82) is 0 Å². The molecule has 1 N–H and O–H groups in total. The maximum absolute atomic E-state index is 12.5. The van der Waals surface area contributed by atoms with Crippen LogP contribution in [0.15, 0.2) is 18.2 Å². The molecule has 0 bridgehead atoms. The monoisotopic (exact) mass is 325 g/mol. The molecule has 1 aliphatic heterocycles. The Hall–Kier alpha value is -1.66. The van der Waals surface area contributed by atoms with Crippen LogP contribution in [0.3, 0.4) is 0 Å². The van der Waals surface area contributed by atoms with Crippen LogP contribution in [0.1, 0.15) is 29.6 Å². The molecule has 1 aromatic rings. The Kier molecular flexibility index (Phi) is 5.74. The summed E-state index contributed by atoms with van der Waals surface area (Å²) < 4.78 is 0. The number of carbonyl (C=O) groups is 1. The standard InChI is InChI=1S/C15H20ClN3O3/c1-17-8-5-11-6-9-18(10-7-11)15(20)12-3-2-4-13(16)14(12)19(21)22/h2-4,11,17H,5-10H2,1H3. The first kappa shape index (κ1) is 16.7. The second-order valence-corrected chi connectivity index (χ2v) is 5.93. The highest BCUT2D eigenvalue weighted by Gasteiger charge is 2.29. The molecule has 6 nitrogen and oxygen atoms in total. The Bertz CT molecular complexity index is 557. The number of likely N-dealkylation sites (tertiary alicyclic amines) is 1. The quantitative estimate of drug-likeness (QED) is 0.667. The van der Waals surface area contributed by atoms with Crippen LogP contribution in [0.4, 0.5) is 5.69 Å². The summed E-state index contributed by atoms with van der Waals surface area (Å²) in [7, 11) is 1.93. The summed E-state index contributed by atoms with van der Waals surface area (Å²) in [6, 6.07) is 4.47. The van der Waals surface area contributed by atoms with Crippen molar-refractivity contribution in [2.75, 3.05) is 26.7 Å². The molecule has 7 heteroatoms. The molecule has 1 amide bonds. The van der Waals surface area contributed by atoms with Gasteiger partial charge in [0.05, 0.1) is 4.92 Å². The fraction of sp³-hybridized carbons (Fsp3) is 0.533. The lowest BCUT2D eigenvalue weighted by molar-refractivity contribution is -0.385. The maximum Gasteiger partial charge on any atom is 0.300 e. The van der Waals surface area contributed by atoms with Gasteiger partial charge in [-0.15, -0.1) is 0 Å². The predicted octanol–water partition coefficient (Wildman–Crippen LogP) is 2.71. The van der Waals surface area contributed by atoms with Gasteiger partial charge < -0.3 is 10.2 Å². The van der Waals surface area contributed by atoms with E-state index in [1.54, 1.807) is 11.0 Å². The zero-order valence-electron chi connectivity index (χ0n) is 12.5. The van der Waals surface area contributed by atoms with Crippen LogP contribution in [0.25, 0.3) is 0 Å². The van der Waals surface area contributed by atoms with Crippen molar-refractivity contribution < 1.29 is 9.72 Å². The first-order chi connectivity index (χ1) is 10.5. The number of halogens is 1. The van der Waals surface area contributed by atoms with Crippen molar-refractivity contribution in [3.63, 3.8) is 0 Å². The van der Waals surface area contributed by atoms with E-state index < -0.39 is 4.92 Å². The molecule has 120 valence electrons. The van der Waals surface area contributed by atoms with Crippen LogP contribution in [0.2, 0.25) is 5.02 Å². The number of amides is 1. The van der Waals surface area contributed by atoms with Gasteiger partial charge in [-0.1, -0.05) is 17.7 Å². The van der Waals surface area contributed by atoms with E-state index in [0.717, 1.165) is 25.8 Å². The lowest BCUT2D eigenvalue weighted by Gasteiger charge is -2.32. The van der Waals surface area contributed by atoms with Gasteiger partial charge in [-0.05, 0) is 50.9 Å². The molecule has 0 atom stereocenters. The van der Waals surface area contributed by atoms with E-state index in [9.17, 15) is 14.9 Å². The van der Waals surface area contributed by atoms with Crippen molar-refractivity contribution >= 4 is 23.2 Å². The molecule has 0 spiro atoms. The maximum atomic E-state index is 12.5. The van der Waals surface area contributed by atoms with Gasteiger partial charge in [0, 0.05) is 13.1 Å². The molecule has 0 aromatic heterocycles. The third-order valence-corrected chi connectivity index (χ3v) is 4.41. The first-order valence-electron chi connectivity index (χ1n) is 7.41. The number of hydrogen-bond donors (Lipinski definition) is 1. The molecule has 0 unspecified atom stereocenters. The number of piperidine rings is 1. The number of para-hydroxylation sites is 1. The fourth-order valence-electron chi connectivity index (χ4n) is 2.82. The highest BCUT2D eigenvalue weighted by molar-refractivity contribution is 6.33. The third kappa shape index (κ3) is 3.75. The molecule has 1 aromatic carbocycles. The van der Waals surface area contributed by atoms with E-state index in [1.165, 1.54) is 12.1 Å². The second-order valence-electron chi connectivity index (χ2n) is 5.52. The van der Waals surface area contributed by atoms with Crippen LogP contribution < -0.4 is 5.32 Å². The largest absolute Gasteiger partial charge is 0.338 e. The number of rotatable bonds is 5. The van der Waals surface area contributed by atoms with Gasteiger partial charge in [0.2, 0.25) is 0 Å². The van der Waals surface area contributed by atoms with Crippen LogP contribution in [0.5, 0.6) is 0 Å². The Labute approximate surface area is 134 Å². The summed E-state index contributed by atoms with van der Waals surface area (Å²) in [6.45, 7) is 2.24. The number of benzene rings is 1. The molecule has 1 fully saturated rings. The molecule has 0 radical (unpaired) electrons. The fourth-order valence-corrected chi connectivity index (χ4v) is 3.06. The minimum atomic E-state index is -0.588. The molecule has 0 saturated carbocycles. The van der Waals surface area contributed by atoms with Crippen LogP contribution in [0, 0.1) is 16.0 Å². The van der Waals surface area contributed by atoms with Gasteiger partial charge in [0.1, 0.15) is 10.6 Å². The van der Waals surface area contributed by atoms with E-state index in [4.69, 9.17) is 11.6 Å². The minimum absolute atomic E-state index is 0.000226. The Balaban J connectivity index is 2.08. The van der Waals surface area contributed by atoms with Crippen molar-refractivity contribution in [2.45, 2.75) is 19.3 Å². The van der Waals surface area contributed by atoms with Gasteiger partial charge in [-0.3, -0.25) is 14.9 Å². The predicted molar refractivity (Wildman–Crippen MR) is 85.3 cm³/mol. The van der Waals surface area contributed by atoms with E-state index in [1.807, 2.05) is 7.05 Å². The number of carbonyl (C=O) groups excluding carboxylic acids is 1. The molecule has 2 rings (SSSR count). The molecule has 1 saturated heterocycles. The highest BCUT2D eigenvalue weighted by Crippen LogP contribution is 2.30. The molecule has 1 heterocycles. The number of nitro benzene ring substituents is 1. The van der Waals surface area contributed by atoms with Crippen LogP contribution >= 0.6 is 11.6 Å². The number of nitrogens with one attached hydrogen (secondary N) is 1. The third-order valence-electron chi connectivity index (χ3n) is 4.10. The molecular weight excluding hydrogens is 306 g/mol. The van der Waals surface area contributed by atoms with Gasteiger partial charge in [0.15, 0.2) is 0 Å². The molecule has 1 aliphatic rings. The summed E-state index contributed by atoms with van der Waals surface area (Å²) in [5.41, 5.74) is -0.224. The number of nitrogens with zero attached hydrogens (tertiary/aromatic N) is 2. The smallest absolute Gasteiger partial charge is 0.300 e. The van der Waals surface area contributed by atoms with E-state index in [-0.39, 0.29) is 22.2 Å². The van der Waals surface area contributed by atoms with Crippen molar-refractivity contribution in [3.05, 3.63) is 38.9 Å². The van der Waals surface area contributed by atoms with E-state index in [0.29, 0.717) is 19.0 Å². The zero-order chi connectivity index (χ0) is 16.1. The normalized spacial score (nSPS) is 15.8. The Morgan fingerprint density at radius 1 is 1.45 bits per heavy atom. The summed E-state index contributed by atoms with van der Waals surface area (Å²) in [5.74, 6) is 0.298. The van der Waals surface area contributed by atoms with Gasteiger partial charge in [-0.25, -0.2) is 0 Å². The van der Waals surface area contributed by atoms with E-state index >= 15 is 0 Å². The number of nitro groups is 1. The summed E-state index contributed by atoms with van der Waals surface area (Å²) in [4.78, 5) is 24.8. The Morgan fingerprint density at radius 3 is 2.73 bits per heavy atom. The van der Waals surface area contributed by atoms with Gasteiger partial charge >= 0.3 is 5.69 Å². The van der Waals surface area contributed by atoms with Gasteiger partial charge in [-0.2, -0.15) is 0 Å². The highest BCUT2D eigenvalue weighted by atomic mass is 35.5. The summed E-state index contributed by atoms with van der Waals surface area (Å²) >= 11 is 5.87. The summed E-state index contributed by atoms with van der Waals surface area (Å²) in [5, 5.41) is 14.3. The number of hydrogen-bond acceptors (Lipinski definition) is 4. The van der Waals surface area contributed by atoms with Crippen LogP contribution in [-0.4, -0.2) is 42.4 Å². The molecule has 22 heavy (non-hydrogen) atoms. The van der Waals surface area contributed by atoms with E-state index in [2.05, 4.69) is 5.32 Å². The SMILES string of the molecule is CNCCC1CCN(C(=O)c2cccc(Cl)c2[N+](=O)[O-])CC1. The minimum Gasteiger partial charge on any atom is -0.338 e. The lowest BCUT2D eigenvalue weighted by Crippen LogP contribution is -2.39. The average molecular weight is 326 g/mol. The second kappa shape index (κ2) is 7.56. The van der Waals surface area contributed by atoms with Crippen molar-refractivity contribution in [3.8, 4) is 0 Å². The topological polar surface area (TPSA) is 75.5 Å². The Morgan fingerprint density at radius 2 is 2.14 bits per heavy atom. The zero-order valence-corrected chi connectivity index (χ0v) is 13.3. The molecular formula is C15H20ClN3O3. The van der Waals surface area contributed by atoms with Crippen LogP contribution in [-0.2, 0) is 0 Å². The van der Waals surface area contributed by atoms with Crippen molar-refractivity contribution in [1.82, 2.24) is 10.2 Å². The summed E-state index contributed by atoms with van der Waals surface area (Å²) in [6.07, 6.45) is 2.96. The van der Waals surface area contributed by atoms with Gasteiger partial charge in [0.25, 0.3) is 5.91 Å².